The van der Waals surface area contributed by atoms with Gasteiger partial charge in [-0.2, -0.15) is 0 Å². The molecule has 1 aliphatic rings. The minimum atomic E-state index is 0. The Bertz CT molecular complexity index is 357. The van der Waals surface area contributed by atoms with Gasteiger partial charge in [0.15, 0.2) is 0 Å². The van der Waals surface area contributed by atoms with Crippen molar-refractivity contribution < 1.29 is 0 Å². The van der Waals surface area contributed by atoms with E-state index in [1.165, 1.54) is 31.2 Å². The molecule has 0 amide bonds. The first-order valence-corrected chi connectivity index (χ1v) is 6.95. The van der Waals surface area contributed by atoms with Gasteiger partial charge in [0.05, 0.1) is 0 Å². The Hall–Kier alpha value is -0.240. The minimum absolute atomic E-state index is 0. The molecule has 1 aromatic carbocycles. The van der Waals surface area contributed by atoms with Gasteiger partial charge in [0.25, 0.3) is 0 Å². The second-order valence-electron chi connectivity index (χ2n) is 5.51. The maximum atomic E-state index is 5.97. The van der Waals surface area contributed by atoms with Gasteiger partial charge in [-0.15, -0.1) is 12.4 Å². The monoisotopic (exact) mass is 287 g/mol. The van der Waals surface area contributed by atoms with Crippen molar-refractivity contribution >= 4 is 24.0 Å². The second-order valence-corrected chi connectivity index (χ2v) is 5.94. The predicted octanol–water partition coefficient (Wildman–Crippen LogP) is 4.43. The van der Waals surface area contributed by atoms with E-state index in [0.717, 1.165) is 17.5 Å². The fraction of sp³-hybridized carbons (Fsp3) is 0.600. The van der Waals surface area contributed by atoms with Gasteiger partial charge in [-0.05, 0) is 61.9 Å². The lowest BCUT2D eigenvalue weighted by molar-refractivity contribution is 0.193. The molecule has 0 radical (unpaired) electrons. The van der Waals surface area contributed by atoms with Crippen molar-refractivity contribution in [3.05, 3.63) is 34.9 Å². The molecule has 0 saturated heterocycles. The van der Waals surface area contributed by atoms with Crippen LogP contribution in [0.4, 0.5) is 0 Å². The fourth-order valence-corrected chi connectivity index (χ4v) is 3.23. The highest BCUT2D eigenvalue weighted by Gasteiger charge is 2.39. The first-order valence-electron chi connectivity index (χ1n) is 6.57. The van der Waals surface area contributed by atoms with E-state index in [2.05, 4.69) is 24.4 Å². The van der Waals surface area contributed by atoms with Gasteiger partial charge in [0.2, 0.25) is 0 Å². The fourth-order valence-electron chi connectivity index (χ4n) is 3.11. The zero-order chi connectivity index (χ0) is 12.3. The van der Waals surface area contributed by atoms with Crippen LogP contribution in [-0.2, 0) is 5.41 Å². The molecule has 1 atom stereocenters. The third-order valence-corrected chi connectivity index (χ3v) is 4.31. The molecule has 0 bridgehead atoms. The molecule has 3 heteroatoms. The van der Waals surface area contributed by atoms with E-state index in [-0.39, 0.29) is 12.4 Å². The maximum Gasteiger partial charge on any atom is 0.0406 e. The topological polar surface area (TPSA) is 12.0 Å². The zero-order valence-electron chi connectivity index (χ0n) is 11.2. The molecule has 0 spiro atoms. The number of rotatable bonds is 5. The molecule has 1 unspecified atom stereocenters. The highest BCUT2D eigenvalue weighted by Crippen LogP contribution is 2.48. The number of hydrogen-bond donors (Lipinski definition) is 1. The number of halogens is 2. The largest absolute Gasteiger partial charge is 0.319 e. The summed E-state index contributed by atoms with van der Waals surface area (Å²) in [4.78, 5) is 0. The van der Waals surface area contributed by atoms with Crippen molar-refractivity contribution in [3.63, 3.8) is 0 Å². The van der Waals surface area contributed by atoms with Gasteiger partial charge >= 0.3 is 0 Å². The Kier molecular flexibility index (Phi) is 5.97. The summed E-state index contributed by atoms with van der Waals surface area (Å²) in [5, 5.41) is 4.12. The predicted molar refractivity (Wildman–Crippen MR) is 81.9 cm³/mol. The molecule has 1 aliphatic carbocycles. The van der Waals surface area contributed by atoms with E-state index >= 15 is 0 Å². The smallest absolute Gasteiger partial charge is 0.0406 e. The average molecular weight is 288 g/mol. The van der Waals surface area contributed by atoms with Gasteiger partial charge in [-0.1, -0.05) is 37.1 Å². The number of nitrogens with one attached hydrogen (secondary N) is 1. The second kappa shape index (κ2) is 6.79. The molecule has 102 valence electrons. The molecule has 1 nitrogen and oxygen atoms in total. The molecule has 18 heavy (non-hydrogen) atoms. The van der Waals surface area contributed by atoms with Crippen LogP contribution < -0.4 is 5.32 Å². The average Bonchev–Trinajstić information content (AvgIpc) is 2.25. The van der Waals surface area contributed by atoms with Gasteiger partial charge in [0, 0.05) is 5.02 Å². The van der Waals surface area contributed by atoms with Crippen LogP contribution in [0, 0.1) is 5.92 Å². The van der Waals surface area contributed by atoms with Crippen LogP contribution in [0.1, 0.15) is 38.2 Å². The van der Waals surface area contributed by atoms with Gasteiger partial charge < -0.3 is 5.32 Å². The third-order valence-electron chi connectivity index (χ3n) is 4.06. The van der Waals surface area contributed by atoms with E-state index in [4.69, 9.17) is 11.6 Å². The molecule has 2 rings (SSSR count). The molecule has 1 N–H and O–H groups in total. The lowest BCUT2D eigenvalue weighted by Gasteiger charge is -2.44. The summed E-state index contributed by atoms with van der Waals surface area (Å²) in [7, 11) is 2.03. The third kappa shape index (κ3) is 3.40. The Morgan fingerprint density at radius 1 is 1.28 bits per heavy atom. The minimum Gasteiger partial charge on any atom is -0.319 e. The maximum absolute atomic E-state index is 5.97. The Labute approximate surface area is 122 Å². The lowest BCUT2D eigenvalue weighted by Crippen LogP contribution is -2.37. The van der Waals surface area contributed by atoms with E-state index in [9.17, 15) is 0 Å². The van der Waals surface area contributed by atoms with Crippen molar-refractivity contribution in [2.45, 2.75) is 38.0 Å². The Morgan fingerprint density at radius 2 is 1.89 bits per heavy atom. The number of hydrogen-bond acceptors (Lipinski definition) is 1. The summed E-state index contributed by atoms with van der Waals surface area (Å²) in [6.07, 6.45) is 5.33. The molecule has 0 aliphatic heterocycles. The summed E-state index contributed by atoms with van der Waals surface area (Å²) in [5.41, 5.74) is 1.91. The van der Waals surface area contributed by atoms with Crippen LogP contribution in [-0.4, -0.2) is 13.6 Å². The van der Waals surface area contributed by atoms with E-state index in [1.807, 2.05) is 19.2 Å². The van der Waals surface area contributed by atoms with Crippen LogP contribution in [0.3, 0.4) is 0 Å². The summed E-state index contributed by atoms with van der Waals surface area (Å²) in [5.74, 6) is 0.732. The molecule has 0 aromatic heterocycles. The van der Waals surface area contributed by atoms with E-state index < -0.39 is 0 Å². The van der Waals surface area contributed by atoms with Crippen molar-refractivity contribution in [1.29, 1.82) is 0 Å². The molecule has 1 aromatic rings. The summed E-state index contributed by atoms with van der Waals surface area (Å²) >= 11 is 5.97. The van der Waals surface area contributed by atoms with E-state index in [0.29, 0.717) is 5.41 Å². The van der Waals surface area contributed by atoms with Crippen LogP contribution in [0.25, 0.3) is 0 Å². The van der Waals surface area contributed by atoms with Crippen molar-refractivity contribution in [2.75, 3.05) is 13.6 Å². The van der Waals surface area contributed by atoms with E-state index in [1.54, 1.807) is 0 Å². The van der Waals surface area contributed by atoms with Crippen LogP contribution in [0.5, 0.6) is 0 Å². The molecular weight excluding hydrogens is 265 g/mol. The van der Waals surface area contributed by atoms with Gasteiger partial charge in [0.1, 0.15) is 0 Å². The van der Waals surface area contributed by atoms with Crippen molar-refractivity contribution in [3.8, 4) is 0 Å². The Morgan fingerprint density at radius 3 is 2.33 bits per heavy atom. The molecule has 0 heterocycles. The lowest BCUT2D eigenvalue weighted by atomic mass is 9.60. The molecule has 1 fully saturated rings. The first kappa shape index (κ1) is 15.8. The normalized spacial score (nSPS) is 18.6. The highest BCUT2D eigenvalue weighted by molar-refractivity contribution is 6.30. The zero-order valence-corrected chi connectivity index (χ0v) is 12.8. The van der Waals surface area contributed by atoms with Crippen LogP contribution in [0.2, 0.25) is 5.02 Å². The van der Waals surface area contributed by atoms with Gasteiger partial charge in [-0.3, -0.25) is 0 Å². The standard InChI is InChI=1S/C15H22ClN.ClH/c1-12(11-17-2)10-15(8-3-9-15)13-4-6-14(16)7-5-13;/h4-7,12,17H,3,8-11H2,1-2H3;1H. The number of benzene rings is 1. The molecule has 1 saturated carbocycles. The summed E-state index contributed by atoms with van der Waals surface area (Å²) < 4.78 is 0. The van der Waals surface area contributed by atoms with Crippen LogP contribution >= 0.6 is 24.0 Å². The highest BCUT2D eigenvalue weighted by atomic mass is 35.5. The van der Waals surface area contributed by atoms with Crippen molar-refractivity contribution in [1.82, 2.24) is 5.32 Å². The SMILES string of the molecule is CNCC(C)CC1(c2ccc(Cl)cc2)CCC1.Cl. The van der Waals surface area contributed by atoms with Gasteiger partial charge in [-0.25, -0.2) is 0 Å². The molecular formula is C15H23Cl2N. The quantitative estimate of drug-likeness (QED) is 0.845. The first-order chi connectivity index (χ1) is 8.16. The van der Waals surface area contributed by atoms with Crippen molar-refractivity contribution in [2.24, 2.45) is 5.92 Å². The Balaban J connectivity index is 0.00000162. The summed E-state index contributed by atoms with van der Waals surface area (Å²) in [6, 6.07) is 8.49. The van der Waals surface area contributed by atoms with Crippen LogP contribution in [0.15, 0.2) is 24.3 Å². The summed E-state index contributed by atoms with van der Waals surface area (Å²) in [6.45, 7) is 3.45.